The fourth-order valence-corrected chi connectivity index (χ4v) is 3.53. The molecule has 0 amide bonds. The minimum atomic E-state index is -0.501. The molecule has 8 nitrogen and oxygen atoms in total. The van der Waals surface area contributed by atoms with Crippen LogP contribution >= 0.6 is 0 Å². The van der Waals surface area contributed by atoms with Gasteiger partial charge in [-0.15, -0.1) is 0 Å². The van der Waals surface area contributed by atoms with Gasteiger partial charge in [-0.05, 0) is 49.7 Å². The highest BCUT2D eigenvalue weighted by Crippen LogP contribution is 2.24. The standard InChI is InChI=1S/C21H18N4O4/c22-12-15-10-14-3-8-19(29-13-16-2-1-9-23-16)11-20(14)24(21(15)26)17-4-6-18(7-5-17)25(27)28/h3-8,10-11,16,23H,1-2,9,13H2/t16-/m1/s1. The molecule has 1 saturated heterocycles. The predicted octanol–water partition coefficient (Wildman–Crippen LogP) is 2.90. The van der Waals surface area contributed by atoms with E-state index in [1.54, 1.807) is 18.2 Å². The summed E-state index contributed by atoms with van der Waals surface area (Å²) in [6.45, 7) is 1.52. The summed E-state index contributed by atoms with van der Waals surface area (Å²) < 4.78 is 7.29. The predicted molar refractivity (Wildman–Crippen MR) is 107 cm³/mol. The van der Waals surface area contributed by atoms with Gasteiger partial charge in [0.15, 0.2) is 0 Å². The number of pyridine rings is 1. The van der Waals surface area contributed by atoms with Gasteiger partial charge in [-0.25, -0.2) is 0 Å². The minimum absolute atomic E-state index is 0.000299. The Kier molecular flexibility index (Phi) is 4.97. The van der Waals surface area contributed by atoms with Crippen LogP contribution in [0.2, 0.25) is 0 Å². The first-order chi connectivity index (χ1) is 14.1. The fraction of sp³-hybridized carbons (Fsp3) is 0.238. The molecular weight excluding hydrogens is 372 g/mol. The number of benzene rings is 2. The number of nitro groups is 1. The van der Waals surface area contributed by atoms with Crippen LogP contribution in [0.25, 0.3) is 16.6 Å². The zero-order chi connectivity index (χ0) is 20.4. The third kappa shape index (κ3) is 3.68. The lowest BCUT2D eigenvalue weighted by molar-refractivity contribution is -0.384. The number of nitrogens with zero attached hydrogens (tertiary/aromatic N) is 3. The summed E-state index contributed by atoms with van der Waals surface area (Å²) in [4.78, 5) is 23.3. The molecule has 29 heavy (non-hydrogen) atoms. The lowest BCUT2D eigenvalue weighted by Gasteiger charge is -2.15. The first-order valence-corrected chi connectivity index (χ1v) is 9.28. The van der Waals surface area contributed by atoms with Crippen molar-refractivity contribution in [3.05, 3.63) is 74.6 Å². The van der Waals surface area contributed by atoms with E-state index in [4.69, 9.17) is 4.74 Å². The molecular formula is C21H18N4O4. The van der Waals surface area contributed by atoms with Crippen molar-refractivity contribution in [2.24, 2.45) is 0 Å². The van der Waals surface area contributed by atoms with E-state index in [0.29, 0.717) is 35.0 Å². The number of non-ortho nitro benzene ring substituents is 1. The SMILES string of the molecule is N#Cc1cc2ccc(OC[C@H]3CCCN3)cc2n(-c2ccc([N+](=O)[O-])cc2)c1=O. The largest absolute Gasteiger partial charge is 0.492 e. The maximum atomic E-state index is 12.9. The molecule has 8 heteroatoms. The van der Waals surface area contributed by atoms with Gasteiger partial charge in [-0.3, -0.25) is 19.5 Å². The molecule has 1 aromatic heterocycles. The van der Waals surface area contributed by atoms with Crippen LogP contribution in [0, 0.1) is 21.4 Å². The van der Waals surface area contributed by atoms with Crippen molar-refractivity contribution >= 4 is 16.6 Å². The Bertz CT molecular complexity index is 1170. The van der Waals surface area contributed by atoms with E-state index in [9.17, 15) is 20.2 Å². The second-order valence-electron chi connectivity index (χ2n) is 6.91. The Labute approximate surface area is 166 Å². The lowest BCUT2D eigenvalue weighted by atomic mass is 10.1. The van der Waals surface area contributed by atoms with E-state index >= 15 is 0 Å². The first kappa shape index (κ1) is 18.7. The van der Waals surface area contributed by atoms with Crippen LogP contribution < -0.4 is 15.6 Å². The van der Waals surface area contributed by atoms with Crippen LogP contribution in [-0.2, 0) is 0 Å². The molecule has 0 bridgehead atoms. The average Bonchev–Trinajstić information content (AvgIpc) is 3.25. The molecule has 0 aliphatic carbocycles. The van der Waals surface area contributed by atoms with Crippen molar-refractivity contribution in [2.45, 2.75) is 18.9 Å². The van der Waals surface area contributed by atoms with Crippen LogP contribution in [0.1, 0.15) is 18.4 Å². The van der Waals surface area contributed by atoms with Crippen LogP contribution in [-0.4, -0.2) is 28.7 Å². The summed E-state index contributed by atoms with van der Waals surface area (Å²) >= 11 is 0. The van der Waals surface area contributed by atoms with Crippen LogP contribution in [0.3, 0.4) is 0 Å². The fourth-order valence-electron chi connectivity index (χ4n) is 3.53. The molecule has 4 rings (SSSR count). The Hall–Kier alpha value is -3.70. The van der Waals surface area contributed by atoms with Crippen LogP contribution in [0.4, 0.5) is 5.69 Å². The second kappa shape index (κ2) is 7.73. The minimum Gasteiger partial charge on any atom is -0.492 e. The van der Waals surface area contributed by atoms with Gasteiger partial charge in [-0.2, -0.15) is 5.26 Å². The molecule has 146 valence electrons. The molecule has 1 atom stereocenters. The van der Waals surface area contributed by atoms with Gasteiger partial charge in [0.25, 0.3) is 11.2 Å². The van der Waals surface area contributed by atoms with Gasteiger partial charge in [0, 0.05) is 35.3 Å². The van der Waals surface area contributed by atoms with Crippen molar-refractivity contribution in [3.8, 4) is 17.5 Å². The van der Waals surface area contributed by atoms with Gasteiger partial charge in [-0.1, -0.05) is 0 Å². The van der Waals surface area contributed by atoms with E-state index in [1.807, 2.05) is 12.1 Å². The van der Waals surface area contributed by atoms with E-state index in [0.717, 1.165) is 19.4 Å². The number of ether oxygens (including phenoxy) is 1. The molecule has 1 N–H and O–H groups in total. The zero-order valence-electron chi connectivity index (χ0n) is 15.5. The number of hydrogen-bond acceptors (Lipinski definition) is 6. The summed E-state index contributed by atoms with van der Waals surface area (Å²) in [6.07, 6.45) is 2.19. The van der Waals surface area contributed by atoms with Crippen LogP contribution in [0.5, 0.6) is 5.75 Å². The van der Waals surface area contributed by atoms with Gasteiger partial charge >= 0.3 is 0 Å². The monoisotopic (exact) mass is 390 g/mol. The Morgan fingerprint density at radius 2 is 2.03 bits per heavy atom. The number of nitrogens with one attached hydrogen (secondary N) is 1. The number of aromatic nitrogens is 1. The van der Waals surface area contributed by atoms with E-state index in [1.165, 1.54) is 28.8 Å². The summed E-state index contributed by atoms with van der Waals surface area (Å²) in [5, 5.41) is 24.3. The van der Waals surface area contributed by atoms with Crippen molar-refractivity contribution in [3.63, 3.8) is 0 Å². The van der Waals surface area contributed by atoms with Crippen LogP contribution in [0.15, 0.2) is 53.3 Å². The summed E-state index contributed by atoms with van der Waals surface area (Å²) in [5.41, 5.74) is 0.454. The molecule has 0 spiro atoms. The highest BCUT2D eigenvalue weighted by molar-refractivity contribution is 5.83. The maximum absolute atomic E-state index is 12.9. The highest BCUT2D eigenvalue weighted by Gasteiger charge is 2.16. The third-order valence-electron chi connectivity index (χ3n) is 5.03. The zero-order valence-corrected chi connectivity index (χ0v) is 15.5. The Balaban J connectivity index is 1.80. The number of fused-ring (bicyclic) bond motifs is 1. The lowest BCUT2D eigenvalue weighted by Crippen LogP contribution is -2.28. The summed E-state index contributed by atoms with van der Waals surface area (Å²) in [5.74, 6) is 0.617. The third-order valence-corrected chi connectivity index (χ3v) is 5.03. The van der Waals surface area contributed by atoms with E-state index in [2.05, 4.69) is 5.32 Å². The van der Waals surface area contributed by atoms with E-state index in [-0.39, 0.29) is 11.3 Å². The van der Waals surface area contributed by atoms with Gasteiger partial charge in [0.2, 0.25) is 0 Å². The molecule has 2 heterocycles. The molecule has 2 aromatic carbocycles. The van der Waals surface area contributed by atoms with Crippen molar-refractivity contribution < 1.29 is 9.66 Å². The van der Waals surface area contributed by atoms with Gasteiger partial charge in [0.05, 0.1) is 10.4 Å². The van der Waals surface area contributed by atoms with Crippen molar-refractivity contribution in [1.29, 1.82) is 5.26 Å². The molecule has 1 aliphatic rings. The number of nitriles is 1. The maximum Gasteiger partial charge on any atom is 0.273 e. The molecule has 1 fully saturated rings. The topological polar surface area (TPSA) is 110 Å². The smallest absolute Gasteiger partial charge is 0.273 e. The summed E-state index contributed by atoms with van der Waals surface area (Å²) in [6, 6.07) is 14.8. The number of rotatable bonds is 5. The molecule has 3 aromatic rings. The van der Waals surface area contributed by atoms with Crippen molar-refractivity contribution in [2.75, 3.05) is 13.2 Å². The quantitative estimate of drug-likeness (QED) is 0.530. The Morgan fingerprint density at radius 1 is 1.24 bits per heavy atom. The molecule has 0 radical (unpaired) electrons. The van der Waals surface area contributed by atoms with Gasteiger partial charge in [0.1, 0.15) is 24.0 Å². The van der Waals surface area contributed by atoms with Gasteiger partial charge < -0.3 is 10.1 Å². The normalized spacial score (nSPS) is 15.9. The van der Waals surface area contributed by atoms with E-state index < -0.39 is 10.5 Å². The molecule has 0 saturated carbocycles. The van der Waals surface area contributed by atoms with Crippen molar-refractivity contribution in [1.82, 2.24) is 9.88 Å². The number of hydrogen-bond donors (Lipinski definition) is 1. The second-order valence-corrected chi connectivity index (χ2v) is 6.91. The highest BCUT2D eigenvalue weighted by atomic mass is 16.6. The summed E-state index contributed by atoms with van der Waals surface area (Å²) in [7, 11) is 0. The molecule has 1 aliphatic heterocycles. The molecule has 0 unspecified atom stereocenters. The first-order valence-electron chi connectivity index (χ1n) is 9.28. The Morgan fingerprint density at radius 3 is 2.69 bits per heavy atom. The number of nitro benzene ring substituents is 1. The average molecular weight is 390 g/mol.